The summed E-state index contributed by atoms with van der Waals surface area (Å²) < 4.78 is 4.85. The van der Waals surface area contributed by atoms with Crippen molar-refractivity contribution in [3.05, 3.63) is 11.1 Å². The molecular weight excluding hydrogens is 334 g/mol. The summed E-state index contributed by atoms with van der Waals surface area (Å²) in [5, 5.41) is 16.5. The number of aromatic nitrogens is 1. The van der Waals surface area contributed by atoms with Crippen molar-refractivity contribution in [3.63, 3.8) is 0 Å². The summed E-state index contributed by atoms with van der Waals surface area (Å²) >= 11 is 1.24. The Morgan fingerprint density at radius 1 is 1.33 bits per heavy atom. The highest BCUT2D eigenvalue weighted by Crippen LogP contribution is 2.24. The first-order valence-corrected chi connectivity index (χ1v) is 8.76. The summed E-state index contributed by atoms with van der Waals surface area (Å²) in [5.41, 5.74) is 0.552. The fourth-order valence-corrected chi connectivity index (χ4v) is 3.31. The fraction of sp³-hybridized carbons (Fsp3) is 0.600. The average molecular weight is 355 g/mol. The molecule has 1 aromatic heterocycles. The van der Waals surface area contributed by atoms with Crippen LogP contribution in [0.15, 0.2) is 5.38 Å². The molecule has 24 heavy (non-hydrogen) atoms. The summed E-state index contributed by atoms with van der Waals surface area (Å²) in [5.74, 6) is -1.43. The van der Waals surface area contributed by atoms with E-state index in [0.29, 0.717) is 43.1 Å². The lowest BCUT2D eigenvalue weighted by molar-refractivity contribution is -0.143. The van der Waals surface area contributed by atoms with Gasteiger partial charge in [0.15, 0.2) is 5.13 Å². The normalized spacial score (nSPS) is 20.2. The standard InChI is InChI=1S/C15H21N3O5S/c1-2-23-12(19)7-11-8-24-15(17-11)18-14(22)16-10-5-3-9(4-6-10)13(20)21/h8-10H,2-7H2,1H3,(H,20,21)(H2,16,17,18,22). The Kier molecular flexibility index (Phi) is 6.53. The van der Waals surface area contributed by atoms with E-state index in [9.17, 15) is 14.4 Å². The van der Waals surface area contributed by atoms with Crippen LogP contribution in [0, 0.1) is 5.92 Å². The first-order chi connectivity index (χ1) is 11.5. The Hall–Kier alpha value is -2.16. The van der Waals surface area contributed by atoms with Gasteiger partial charge in [0, 0.05) is 11.4 Å². The van der Waals surface area contributed by atoms with Crippen LogP contribution in [0.2, 0.25) is 0 Å². The van der Waals surface area contributed by atoms with E-state index in [4.69, 9.17) is 9.84 Å². The Morgan fingerprint density at radius 3 is 2.67 bits per heavy atom. The van der Waals surface area contributed by atoms with Crippen molar-refractivity contribution in [3.8, 4) is 0 Å². The van der Waals surface area contributed by atoms with Crippen LogP contribution >= 0.6 is 11.3 Å². The largest absolute Gasteiger partial charge is 0.481 e. The maximum absolute atomic E-state index is 12.0. The molecule has 1 aliphatic rings. The van der Waals surface area contributed by atoms with Crippen LogP contribution in [0.5, 0.6) is 0 Å². The van der Waals surface area contributed by atoms with E-state index in [1.807, 2.05) is 0 Å². The second-order valence-corrected chi connectivity index (χ2v) is 6.47. The molecule has 0 unspecified atom stereocenters. The van der Waals surface area contributed by atoms with Crippen molar-refractivity contribution in [1.82, 2.24) is 10.3 Å². The molecule has 0 bridgehead atoms. The summed E-state index contributed by atoms with van der Waals surface area (Å²) in [6.07, 6.45) is 2.52. The van der Waals surface area contributed by atoms with Crippen molar-refractivity contribution in [2.24, 2.45) is 5.92 Å². The molecule has 132 valence electrons. The number of aliphatic carboxylic acids is 1. The van der Waals surface area contributed by atoms with Gasteiger partial charge in [-0.15, -0.1) is 11.3 Å². The predicted octanol–water partition coefficient (Wildman–Crippen LogP) is 2.01. The smallest absolute Gasteiger partial charge is 0.321 e. The van der Waals surface area contributed by atoms with Gasteiger partial charge in [-0.3, -0.25) is 14.9 Å². The molecule has 2 amide bonds. The number of carboxylic acid groups (broad SMARTS) is 1. The van der Waals surface area contributed by atoms with Gasteiger partial charge in [0.25, 0.3) is 0 Å². The summed E-state index contributed by atoms with van der Waals surface area (Å²) in [4.78, 5) is 38.4. The number of rotatable bonds is 6. The molecule has 0 aromatic carbocycles. The van der Waals surface area contributed by atoms with E-state index in [2.05, 4.69) is 15.6 Å². The van der Waals surface area contributed by atoms with Gasteiger partial charge in [0.2, 0.25) is 0 Å². The third kappa shape index (κ3) is 5.48. The highest BCUT2D eigenvalue weighted by atomic mass is 32.1. The van der Waals surface area contributed by atoms with E-state index >= 15 is 0 Å². The number of amides is 2. The van der Waals surface area contributed by atoms with Gasteiger partial charge < -0.3 is 15.2 Å². The number of hydrogen-bond donors (Lipinski definition) is 3. The molecule has 1 aliphatic carbocycles. The molecule has 0 atom stereocenters. The van der Waals surface area contributed by atoms with Gasteiger partial charge in [-0.25, -0.2) is 9.78 Å². The van der Waals surface area contributed by atoms with Gasteiger partial charge in [-0.05, 0) is 32.6 Å². The lowest BCUT2D eigenvalue weighted by Crippen LogP contribution is -2.40. The van der Waals surface area contributed by atoms with Gasteiger partial charge in [-0.1, -0.05) is 0 Å². The number of anilines is 1. The van der Waals surface area contributed by atoms with Crippen molar-refractivity contribution in [1.29, 1.82) is 0 Å². The predicted molar refractivity (Wildman–Crippen MR) is 88.0 cm³/mol. The van der Waals surface area contributed by atoms with Gasteiger partial charge in [-0.2, -0.15) is 0 Å². The number of urea groups is 1. The number of esters is 1. The molecule has 1 fully saturated rings. The van der Waals surface area contributed by atoms with E-state index < -0.39 is 5.97 Å². The van der Waals surface area contributed by atoms with Crippen LogP contribution in [0.1, 0.15) is 38.3 Å². The van der Waals surface area contributed by atoms with Crippen LogP contribution < -0.4 is 10.6 Å². The maximum Gasteiger partial charge on any atom is 0.321 e. The Bertz CT molecular complexity index is 596. The molecule has 9 heteroatoms. The van der Waals surface area contributed by atoms with E-state index in [1.54, 1.807) is 12.3 Å². The van der Waals surface area contributed by atoms with Crippen LogP contribution in [0.3, 0.4) is 0 Å². The molecule has 1 heterocycles. The molecule has 1 saturated carbocycles. The number of nitrogens with zero attached hydrogens (tertiary/aromatic N) is 1. The lowest BCUT2D eigenvalue weighted by Gasteiger charge is -2.26. The van der Waals surface area contributed by atoms with Gasteiger partial charge in [0.1, 0.15) is 0 Å². The minimum Gasteiger partial charge on any atom is -0.481 e. The van der Waals surface area contributed by atoms with Gasteiger partial charge in [0.05, 0.1) is 24.6 Å². The topological polar surface area (TPSA) is 118 Å². The molecule has 0 aliphatic heterocycles. The first kappa shape index (κ1) is 18.2. The monoisotopic (exact) mass is 355 g/mol. The van der Waals surface area contributed by atoms with Crippen LogP contribution in [0.4, 0.5) is 9.93 Å². The van der Waals surface area contributed by atoms with Crippen molar-refractivity contribution in [2.75, 3.05) is 11.9 Å². The number of carbonyl (C=O) groups excluding carboxylic acids is 2. The molecule has 0 radical (unpaired) electrons. The number of carboxylic acids is 1. The highest BCUT2D eigenvalue weighted by Gasteiger charge is 2.26. The quantitative estimate of drug-likeness (QED) is 0.672. The molecule has 0 saturated heterocycles. The Balaban J connectivity index is 1.76. The first-order valence-electron chi connectivity index (χ1n) is 7.88. The average Bonchev–Trinajstić information content (AvgIpc) is 2.94. The zero-order valence-electron chi connectivity index (χ0n) is 13.4. The zero-order chi connectivity index (χ0) is 17.5. The van der Waals surface area contributed by atoms with Gasteiger partial charge >= 0.3 is 18.0 Å². The van der Waals surface area contributed by atoms with E-state index in [-0.39, 0.29) is 30.4 Å². The van der Waals surface area contributed by atoms with Crippen LogP contribution in [0.25, 0.3) is 0 Å². The molecule has 2 rings (SSSR count). The summed E-state index contributed by atoms with van der Waals surface area (Å²) in [6.45, 7) is 2.06. The second kappa shape index (κ2) is 8.62. The lowest BCUT2D eigenvalue weighted by atomic mass is 9.86. The molecule has 3 N–H and O–H groups in total. The summed E-state index contributed by atoms with van der Waals surface area (Å²) in [7, 11) is 0. The fourth-order valence-electron chi connectivity index (χ4n) is 2.61. The number of thiazole rings is 1. The Morgan fingerprint density at radius 2 is 2.04 bits per heavy atom. The second-order valence-electron chi connectivity index (χ2n) is 5.61. The molecule has 1 aromatic rings. The third-order valence-corrected chi connectivity index (χ3v) is 4.62. The minimum absolute atomic E-state index is 0.0282. The number of nitrogens with one attached hydrogen (secondary N) is 2. The van der Waals surface area contributed by atoms with Crippen LogP contribution in [-0.4, -0.2) is 40.7 Å². The SMILES string of the molecule is CCOC(=O)Cc1csc(NC(=O)NC2CCC(C(=O)O)CC2)n1. The number of hydrogen-bond acceptors (Lipinski definition) is 6. The summed E-state index contributed by atoms with van der Waals surface area (Å²) in [6, 6.07) is -0.398. The highest BCUT2D eigenvalue weighted by molar-refractivity contribution is 7.13. The van der Waals surface area contributed by atoms with Crippen molar-refractivity contribution < 1.29 is 24.2 Å². The zero-order valence-corrected chi connectivity index (χ0v) is 14.2. The van der Waals surface area contributed by atoms with Crippen LogP contribution in [-0.2, 0) is 20.7 Å². The maximum atomic E-state index is 12.0. The van der Waals surface area contributed by atoms with Crippen molar-refractivity contribution in [2.45, 2.75) is 45.1 Å². The Labute approximate surface area is 143 Å². The number of ether oxygens (including phenoxy) is 1. The molecule has 8 nitrogen and oxygen atoms in total. The number of carbonyl (C=O) groups is 3. The molecule has 0 spiro atoms. The minimum atomic E-state index is -0.769. The van der Waals surface area contributed by atoms with Crippen molar-refractivity contribution >= 4 is 34.4 Å². The third-order valence-electron chi connectivity index (χ3n) is 3.81. The van der Waals surface area contributed by atoms with E-state index in [0.717, 1.165) is 0 Å². The molecular formula is C15H21N3O5S. The van der Waals surface area contributed by atoms with E-state index in [1.165, 1.54) is 11.3 Å².